The van der Waals surface area contributed by atoms with Gasteiger partial charge in [0.15, 0.2) is 5.96 Å². The molecule has 17 heteroatoms. The molecular formula is C28H42N8O9. The summed E-state index contributed by atoms with van der Waals surface area (Å²) in [4.78, 5) is 82.6. The molecule has 1 saturated heterocycles. The standard InChI is InChI=1S/C26H38N8O7.C2H4O2/c27-26(28)33-10-1-2-16(15-33)12-18(35)13-19(32-24(40)21(36)5-6-22(37)38)25(41)34(17-3-4-17)11-9-31-23(39)20-14-29-7-8-30-20;1-2(3)4/h7-8,14,16-17,19,21,36H,1-6,9-13,15H2,(H3,27,28)(H,31,39)(H,32,40)(H,37,38);1H3,(H,3,4)/t16-,19-,21-;/m0./s1. The van der Waals surface area contributed by atoms with Gasteiger partial charge in [0, 0.05) is 70.8 Å². The largest absolute Gasteiger partial charge is 0.481 e. The Kier molecular flexibility index (Phi) is 14.8. The fourth-order valence-electron chi connectivity index (χ4n) is 4.80. The van der Waals surface area contributed by atoms with Crippen molar-refractivity contribution in [3.05, 3.63) is 24.3 Å². The summed E-state index contributed by atoms with van der Waals surface area (Å²) in [6.07, 6.45) is 4.46. The summed E-state index contributed by atoms with van der Waals surface area (Å²) in [6.45, 7) is 2.37. The number of piperidine rings is 1. The highest BCUT2D eigenvalue weighted by molar-refractivity contribution is 5.94. The Bertz CT molecular complexity index is 1210. The number of hydrogen-bond acceptors (Lipinski definition) is 10. The molecule has 0 bridgehead atoms. The van der Waals surface area contributed by atoms with E-state index in [1.54, 1.807) is 4.90 Å². The number of likely N-dealkylation sites (tertiary alicyclic amines) is 1. The number of carboxylic acid groups (broad SMARTS) is 2. The number of carbonyl (C=O) groups excluding carboxylic acids is 4. The summed E-state index contributed by atoms with van der Waals surface area (Å²) >= 11 is 0. The van der Waals surface area contributed by atoms with E-state index < -0.39 is 48.2 Å². The molecule has 1 aliphatic carbocycles. The Morgan fingerprint density at radius 2 is 1.84 bits per heavy atom. The summed E-state index contributed by atoms with van der Waals surface area (Å²) in [6, 6.07) is -1.40. The number of nitrogens with zero attached hydrogens (tertiary/aromatic N) is 4. The number of hydrogen-bond donors (Lipinski definition) is 7. The van der Waals surface area contributed by atoms with Crippen LogP contribution >= 0.6 is 0 Å². The van der Waals surface area contributed by atoms with E-state index in [-0.39, 0.29) is 61.7 Å². The zero-order valence-electron chi connectivity index (χ0n) is 25.2. The van der Waals surface area contributed by atoms with Crippen LogP contribution < -0.4 is 16.4 Å². The van der Waals surface area contributed by atoms with Crippen molar-refractivity contribution in [3.63, 3.8) is 0 Å². The van der Waals surface area contributed by atoms with Crippen molar-refractivity contribution in [2.45, 2.75) is 76.5 Å². The number of aromatic nitrogens is 2. The Morgan fingerprint density at radius 1 is 1.16 bits per heavy atom. The maximum absolute atomic E-state index is 13.7. The summed E-state index contributed by atoms with van der Waals surface area (Å²) in [7, 11) is 0. The predicted octanol–water partition coefficient (Wildman–Crippen LogP) is -1.05. The van der Waals surface area contributed by atoms with Gasteiger partial charge in [-0.3, -0.25) is 39.2 Å². The second-order valence-electron chi connectivity index (χ2n) is 10.9. The van der Waals surface area contributed by atoms with E-state index in [1.807, 2.05) is 0 Å². The SMILES string of the molecule is CC(=O)O.N=C(N)N1CCC[C@@H](CC(=O)C[C@H](NC(=O)[C@@H](O)CCC(=O)O)C(=O)N(CCNC(=O)c2cnccn2)C2CC2)C1. The van der Waals surface area contributed by atoms with Crippen molar-refractivity contribution in [1.82, 2.24) is 30.4 Å². The van der Waals surface area contributed by atoms with Crippen LogP contribution in [0.15, 0.2) is 18.6 Å². The lowest BCUT2D eigenvalue weighted by Crippen LogP contribution is -2.53. The smallest absolute Gasteiger partial charge is 0.303 e. The summed E-state index contributed by atoms with van der Waals surface area (Å²) in [5, 5.41) is 39.2. The van der Waals surface area contributed by atoms with Gasteiger partial charge in [-0.15, -0.1) is 0 Å². The van der Waals surface area contributed by atoms with Crippen LogP contribution in [0.4, 0.5) is 0 Å². The van der Waals surface area contributed by atoms with Crippen LogP contribution in [-0.4, -0.2) is 121 Å². The first-order chi connectivity index (χ1) is 21.3. The third-order valence-corrected chi connectivity index (χ3v) is 7.06. The minimum absolute atomic E-state index is 0.0655. The first-order valence-corrected chi connectivity index (χ1v) is 14.6. The molecule has 3 amide bonds. The molecule has 2 fully saturated rings. The van der Waals surface area contributed by atoms with Crippen LogP contribution in [0, 0.1) is 11.3 Å². The number of aliphatic hydroxyl groups is 1. The molecular weight excluding hydrogens is 592 g/mol. The summed E-state index contributed by atoms with van der Waals surface area (Å²) in [5.41, 5.74) is 5.72. The number of carboxylic acids is 2. The van der Waals surface area contributed by atoms with Gasteiger partial charge in [0.1, 0.15) is 23.6 Å². The highest BCUT2D eigenvalue weighted by Gasteiger charge is 2.38. The van der Waals surface area contributed by atoms with Crippen molar-refractivity contribution < 1.29 is 44.1 Å². The van der Waals surface area contributed by atoms with Gasteiger partial charge in [0.05, 0.1) is 6.20 Å². The maximum Gasteiger partial charge on any atom is 0.303 e. The number of aliphatic carboxylic acids is 2. The first kappa shape index (κ1) is 36.5. The maximum atomic E-state index is 13.7. The van der Waals surface area contributed by atoms with E-state index in [0.717, 1.165) is 32.6 Å². The number of Topliss-reactive ketones (excluding diaryl/α,β-unsaturated/α-hetero) is 1. The quantitative estimate of drug-likeness (QED) is 0.0898. The Labute approximate surface area is 260 Å². The van der Waals surface area contributed by atoms with Crippen LogP contribution in [0.1, 0.15) is 68.8 Å². The molecule has 2 aliphatic rings. The van der Waals surface area contributed by atoms with Gasteiger partial charge in [-0.05, 0) is 38.0 Å². The number of amides is 3. The number of aliphatic hydroxyl groups excluding tert-OH is 1. The van der Waals surface area contributed by atoms with Gasteiger partial charge in [0.25, 0.3) is 11.9 Å². The monoisotopic (exact) mass is 634 g/mol. The molecule has 3 atom stereocenters. The van der Waals surface area contributed by atoms with Gasteiger partial charge in [-0.1, -0.05) is 0 Å². The van der Waals surface area contributed by atoms with Crippen molar-refractivity contribution in [1.29, 1.82) is 5.41 Å². The van der Waals surface area contributed by atoms with Crippen LogP contribution in [-0.2, 0) is 24.0 Å². The number of nitrogens with one attached hydrogen (secondary N) is 3. The van der Waals surface area contributed by atoms with E-state index in [0.29, 0.717) is 13.1 Å². The van der Waals surface area contributed by atoms with Gasteiger partial charge in [-0.2, -0.15) is 0 Å². The Balaban J connectivity index is 0.00000166. The Hall–Kier alpha value is -4.67. The third-order valence-electron chi connectivity index (χ3n) is 7.06. The average molecular weight is 635 g/mol. The highest BCUT2D eigenvalue weighted by atomic mass is 16.4. The lowest BCUT2D eigenvalue weighted by atomic mass is 9.91. The number of guanidine groups is 1. The number of ketones is 1. The van der Waals surface area contributed by atoms with Gasteiger partial charge in [-0.25, -0.2) is 4.98 Å². The van der Waals surface area contributed by atoms with E-state index in [1.165, 1.54) is 23.5 Å². The van der Waals surface area contributed by atoms with E-state index in [9.17, 15) is 29.1 Å². The molecule has 3 rings (SSSR count). The Morgan fingerprint density at radius 3 is 2.42 bits per heavy atom. The lowest BCUT2D eigenvalue weighted by molar-refractivity contribution is -0.142. The second kappa shape index (κ2) is 18.2. The number of carbonyl (C=O) groups is 6. The van der Waals surface area contributed by atoms with Crippen molar-refractivity contribution >= 4 is 41.4 Å². The van der Waals surface area contributed by atoms with Crippen molar-refractivity contribution in [2.75, 3.05) is 26.2 Å². The molecule has 0 radical (unpaired) electrons. The topological polar surface area (TPSA) is 269 Å². The van der Waals surface area contributed by atoms with Crippen LogP contribution in [0.5, 0.6) is 0 Å². The summed E-state index contributed by atoms with van der Waals surface area (Å²) in [5.74, 6) is -4.35. The first-order valence-electron chi connectivity index (χ1n) is 14.6. The average Bonchev–Trinajstić information content (AvgIpc) is 3.83. The third kappa shape index (κ3) is 13.7. The highest BCUT2D eigenvalue weighted by Crippen LogP contribution is 2.28. The molecule has 1 aliphatic heterocycles. The van der Waals surface area contributed by atoms with Crippen LogP contribution in [0.2, 0.25) is 0 Å². The van der Waals surface area contributed by atoms with Crippen molar-refractivity contribution in [2.24, 2.45) is 11.7 Å². The minimum atomic E-state index is -1.67. The normalized spacial score (nSPS) is 17.0. The van der Waals surface area contributed by atoms with Gasteiger partial charge >= 0.3 is 5.97 Å². The fourth-order valence-corrected chi connectivity index (χ4v) is 4.80. The molecule has 1 aromatic rings. The van der Waals surface area contributed by atoms with Crippen LogP contribution in [0.25, 0.3) is 0 Å². The molecule has 0 unspecified atom stereocenters. The van der Waals surface area contributed by atoms with Gasteiger partial charge in [0.2, 0.25) is 11.8 Å². The minimum Gasteiger partial charge on any atom is -0.481 e. The fraction of sp³-hybridized carbons (Fsp3) is 0.607. The van der Waals surface area contributed by atoms with E-state index in [4.69, 9.17) is 26.2 Å². The second-order valence-corrected chi connectivity index (χ2v) is 10.9. The predicted molar refractivity (Wildman–Crippen MR) is 158 cm³/mol. The molecule has 2 heterocycles. The lowest BCUT2D eigenvalue weighted by Gasteiger charge is -2.33. The number of rotatable bonds is 15. The molecule has 0 spiro atoms. The van der Waals surface area contributed by atoms with Crippen molar-refractivity contribution in [3.8, 4) is 0 Å². The van der Waals surface area contributed by atoms with E-state index in [2.05, 4.69) is 20.6 Å². The summed E-state index contributed by atoms with van der Waals surface area (Å²) < 4.78 is 0. The zero-order chi connectivity index (χ0) is 33.5. The molecule has 248 valence electrons. The molecule has 0 aromatic carbocycles. The molecule has 8 N–H and O–H groups in total. The molecule has 1 saturated carbocycles. The zero-order valence-corrected chi connectivity index (χ0v) is 25.2. The van der Waals surface area contributed by atoms with E-state index >= 15 is 0 Å². The molecule has 45 heavy (non-hydrogen) atoms. The van der Waals surface area contributed by atoms with Gasteiger partial charge < -0.3 is 41.5 Å². The van der Waals surface area contributed by atoms with Crippen LogP contribution in [0.3, 0.4) is 0 Å². The molecule has 17 nitrogen and oxygen atoms in total. The molecule has 1 aromatic heterocycles. The number of nitrogens with two attached hydrogens (primary N) is 1.